The predicted octanol–water partition coefficient (Wildman–Crippen LogP) is 2.32. The molecule has 0 spiro atoms. The highest BCUT2D eigenvalue weighted by Gasteiger charge is 2.24. The second kappa shape index (κ2) is 12.1. The summed E-state index contributed by atoms with van der Waals surface area (Å²) >= 11 is 0. The molecule has 0 aliphatic heterocycles. The third kappa shape index (κ3) is 9.10. The van der Waals surface area contributed by atoms with Gasteiger partial charge in [-0.15, -0.1) is 0 Å². The number of guanidine groups is 1. The fourth-order valence-electron chi connectivity index (χ4n) is 3.45. The molecule has 0 radical (unpaired) electrons. The Balaban J connectivity index is 2.42. The Morgan fingerprint density at radius 3 is 2.32 bits per heavy atom. The largest absolute Gasteiger partial charge is 0.388 e. The molecule has 1 amide bonds. The van der Waals surface area contributed by atoms with E-state index in [4.69, 9.17) is 0 Å². The van der Waals surface area contributed by atoms with Gasteiger partial charge >= 0.3 is 0 Å². The fraction of sp³-hybridized carbons (Fsp3) is 0.895. The molecule has 1 fully saturated rings. The van der Waals surface area contributed by atoms with Crippen molar-refractivity contribution >= 4 is 11.9 Å². The first-order valence-electron chi connectivity index (χ1n) is 10.1. The molecule has 0 atom stereocenters. The van der Waals surface area contributed by atoms with Crippen LogP contribution in [0.3, 0.4) is 0 Å². The van der Waals surface area contributed by atoms with Gasteiger partial charge < -0.3 is 21.1 Å². The van der Waals surface area contributed by atoms with E-state index < -0.39 is 5.60 Å². The van der Waals surface area contributed by atoms with Crippen molar-refractivity contribution in [1.82, 2.24) is 16.0 Å². The van der Waals surface area contributed by atoms with Gasteiger partial charge in [0, 0.05) is 25.6 Å². The summed E-state index contributed by atoms with van der Waals surface area (Å²) in [7, 11) is 0. The van der Waals surface area contributed by atoms with Crippen LogP contribution in [0.5, 0.6) is 0 Å². The maximum absolute atomic E-state index is 12.0. The highest BCUT2D eigenvalue weighted by molar-refractivity contribution is 5.81. The Morgan fingerprint density at radius 1 is 1.12 bits per heavy atom. The van der Waals surface area contributed by atoms with E-state index in [1.807, 2.05) is 6.92 Å². The van der Waals surface area contributed by atoms with Crippen molar-refractivity contribution in [3.05, 3.63) is 0 Å². The van der Waals surface area contributed by atoms with Crippen LogP contribution in [-0.4, -0.2) is 48.3 Å². The molecule has 25 heavy (non-hydrogen) atoms. The summed E-state index contributed by atoms with van der Waals surface area (Å²) in [6.45, 7) is 7.85. The van der Waals surface area contributed by atoms with Crippen molar-refractivity contribution in [2.45, 2.75) is 90.2 Å². The first-order valence-corrected chi connectivity index (χ1v) is 10.1. The maximum atomic E-state index is 12.0. The highest BCUT2D eigenvalue weighted by atomic mass is 16.3. The van der Waals surface area contributed by atoms with Crippen molar-refractivity contribution in [3.8, 4) is 0 Å². The van der Waals surface area contributed by atoms with Crippen LogP contribution in [0.2, 0.25) is 0 Å². The minimum atomic E-state index is -0.730. The van der Waals surface area contributed by atoms with Crippen molar-refractivity contribution < 1.29 is 9.90 Å². The summed E-state index contributed by atoms with van der Waals surface area (Å²) in [4.78, 5) is 16.5. The lowest BCUT2D eigenvalue weighted by atomic mass is 9.93. The average molecular weight is 355 g/mol. The zero-order chi connectivity index (χ0) is 18.5. The number of hydrogen-bond donors (Lipinski definition) is 4. The van der Waals surface area contributed by atoms with Crippen molar-refractivity contribution in [1.29, 1.82) is 0 Å². The first kappa shape index (κ1) is 21.7. The topological polar surface area (TPSA) is 85.8 Å². The molecule has 6 nitrogen and oxygen atoms in total. The van der Waals surface area contributed by atoms with Gasteiger partial charge in [0.25, 0.3) is 0 Å². The number of nitrogens with one attached hydrogen (secondary N) is 3. The number of amides is 1. The van der Waals surface area contributed by atoms with Gasteiger partial charge in [-0.2, -0.15) is 0 Å². The van der Waals surface area contributed by atoms with E-state index in [1.165, 1.54) is 12.8 Å². The Labute approximate surface area is 153 Å². The average Bonchev–Trinajstić information content (AvgIpc) is 3.06. The van der Waals surface area contributed by atoms with E-state index in [-0.39, 0.29) is 5.91 Å². The SMILES string of the molecule is CCCC(O)(CCC)CN=C(NCC)NCCC(=O)NC1CCCC1. The summed E-state index contributed by atoms with van der Waals surface area (Å²) in [6, 6.07) is 0.368. The van der Waals surface area contributed by atoms with Gasteiger partial charge in [-0.1, -0.05) is 39.5 Å². The smallest absolute Gasteiger partial charge is 0.221 e. The molecule has 0 bridgehead atoms. The standard InChI is InChI=1S/C19H38N4O2/c1-4-12-19(25,13-5-2)15-22-18(20-6-3)21-14-11-17(24)23-16-9-7-8-10-16/h16,25H,4-15H2,1-3H3,(H,23,24)(H2,20,21,22). The molecule has 0 aromatic carbocycles. The minimum Gasteiger partial charge on any atom is -0.388 e. The molecule has 4 N–H and O–H groups in total. The van der Waals surface area contributed by atoms with Gasteiger partial charge in [-0.3, -0.25) is 9.79 Å². The predicted molar refractivity (Wildman–Crippen MR) is 104 cm³/mol. The summed E-state index contributed by atoms with van der Waals surface area (Å²) in [5.74, 6) is 0.769. The minimum absolute atomic E-state index is 0.101. The van der Waals surface area contributed by atoms with Crippen LogP contribution in [0.15, 0.2) is 4.99 Å². The molecule has 0 aromatic rings. The molecule has 1 rings (SSSR count). The van der Waals surface area contributed by atoms with Gasteiger partial charge in [-0.05, 0) is 32.6 Å². The summed E-state index contributed by atoms with van der Waals surface area (Å²) in [5, 5.41) is 20.2. The van der Waals surface area contributed by atoms with E-state index in [0.29, 0.717) is 31.5 Å². The molecule has 1 saturated carbocycles. The van der Waals surface area contributed by atoms with Crippen LogP contribution in [0.4, 0.5) is 0 Å². The van der Waals surface area contributed by atoms with Gasteiger partial charge in [0.2, 0.25) is 5.91 Å². The molecule has 0 aromatic heterocycles. The van der Waals surface area contributed by atoms with Gasteiger partial charge in [0.15, 0.2) is 5.96 Å². The Bertz CT molecular complexity index is 400. The summed E-state index contributed by atoms with van der Waals surface area (Å²) in [5.41, 5.74) is -0.730. The van der Waals surface area contributed by atoms with Crippen LogP contribution < -0.4 is 16.0 Å². The molecular formula is C19H38N4O2. The van der Waals surface area contributed by atoms with Gasteiger partial charge in [0.1, 0.15) is 0 Å². The molecule has 146 valence electrons. The van der Waals surface area contributed by atoms with E-state index in [9.17, 15) is 9.90 Å². The Morgan fingerprint density at radius 2 is 1.76 bits per heavy atom. The summed E-state index contributed by atoms with van der Waals surface area (Å²) < 4.78 is 0. The van der Waals surface area contributed by atoms with Crippen molar-refractivity contribution in [2.75, 3.05) is 19.6 Å². The van der Waals surface area contributed by atoms with Crippen molar-refractivity contribution in [2.24, 2.45) is 4.99 Å². The van der Waals surface area contributed by atoms with Crippen LogP contribution in [-0.2, 0) is 4.79 Å². The zero-order valence-corrected chi connectivity index (χ0v) is 16.4. The molecule has 1 aliphatic carbocycles. The van der Waals surface area contributed by atoms with Gasteiger partial charge in [0.05, 0.1) is 12.1 Å². The number of carbonyl (C=O) groups is 1. The lowest BCUT2D eigenvalue weighted by molar-refractivity contribution is -0.121. The third-order valence-electron chi connectivity index (χ3n) is 4.67. The number of nitrogens with zero attached hydrogens (tertiary/aromatic N) is 1. The molecular weight excluding hydrogens is 316 g/mol. The second-order valence-corrected chi connectivity index (χ2v) is 7.15. The van der Waals surface area contributed by atoms with Crippen LogP contribution >= 0.6 is 0 Å². The van der Waals surface area contributed by atoms with E-state index in [0.717, 1.165) is 45.1 Å². The lowest BCUT2D eigenvalue weighted by Crippen LogP contribution is -2.42. The Kier molecular flexibility index (Phi) is 10.5. The summed E-state index contributed by atoms with van der Waals surface area (Å²) in [6.07, 6.45) is 8.50. The number of carbonyl (C=O) groups excluding carboxylic acids is 1. The van der Waals surface area contributed by atoms with E-state index >= 15 is 0 Å². The van der Waals surface area contributed by atoms with Crippen LogP contribution in [0.1, 0.15) is 78.6 Å². The number of hydrogen-bond acceptors (Lipinski definition) is 3. The quantitative estimate of drug-likeness (QED) is 0.339. The lowest BCUT2D eigenvalue weighted by Gasteiger charge is -2.26. The van der Waals surface area contributed by atoms with Gasteiger partial charge in [-0.25, -0.2) is 0 Å². The highest BCUT2D eigenvalue weighted by Crippen LogP contribution is 2.20. The normalized spacial score (nSPS) is 16.1. The number of aliphatic hydroxyl groups is 1. The zero-order valence-electron chi connectivity index (χ0n) is 16.4. The molecule has 0 heterocycles. The van der Waals surface area contributed by atoms with E-state index in [2.05, 4.69) is 34.8 Å². The molecule has 1 aliphatic rings. The Hall–Kier alpha value is -1.30. The van der Waals surface area contributed by atoms with Crippen molar-refractivity contribution in [3.63, 3.8) is 0 Å². The first-order chi connectivity index (χ1) is 12.0. The number of rotatable bonds is 11. The monoisotopic (exact) mass is 354 g/mol. The number of aliphatic imine (C=N–C) groups is 1. The molecule has 0 saturated heterocycles. The van der Waals surface area contributed by atoms with Crippen LogP contribution in [0, 0.1) is 0 Å². The molecule has 0 unspecified atom stereocenters. The van der Waals surface area contributed by atoms with E-state index in [1.54, 1.807) is 0 Å². The third-order valence-corrected chi connectivity index (χ3v) is 4.67. The molecule has 6 heteroatoms. The fourth-order valence-corrected chi connectivity index (χ4v) is 3.45. The maximum Gasteiger partial charge on any atom is 0.221 e. The second-order valence-electron chi connectivity index (χ2n) is 7.15. The van der Waals surface area contributed by atoms with Crippen LogP contribution in [0.25, 0.3) is 0 Å².